The molecule has 0 fully saturated rings. The quantitative estimate of drug-likeness (QED) is 0.781. The maximum absolute atomic E-state index is 4.65. The van der Waals surface area contributed by atoms with Crippen molar-refractivity contribution in [3.05, 3.63) is 48.5 Å². The van der Waals surface area contributed by atoms with E-state index < -0.39 is 0 Å². The number of fused-ring (bicyclic) bond motifs is 1. The summed E-state index contributed by atoms with van der Waals surface area (Å²) in [7, 11) is 0. The summed E-state index contributed by atoms with van der Waals surface area (Å²) in [5.74, 6) is 0. The van der Waals surface area contributed by atoms with E-state index >= 15 is 0 Å². The smallest absolute Gasteiger partial charge is 0.169 e. The first kappa shape index (κ1) is 15.4. The fourth-order valence-electron chi connectivity index (χ4n) is 1.40. The van der Waals surface area contributed by atoms with Crippen molar-refractivity contribution >= 4 is 29.6 Å². The summed E-state index contributed by atoms with van der Waals surface area (Å²) in [5, 5.41) is 2.62. The lowest BCUT2D eigenvalue weighted by molar-refractivity contribution is 0.361. The van der Waals surface area contributed by atoms with E-state index in [9.17, 15) is 0 Å². The Kier molecular flexibility index (Phi) is 7.76. The molecule has 0 bridgehead atoms. The van der Waals surface area contributed by atoms with Crippen molar-refractivity contribution in [3.63, 3.8) is 0 Å². The molecule has 0 unspecified atom stereocenters. The number of benzene rings is 2. The van der Waals surface area contributed by atoms with E-state index in [1.807, 2.05) is 0 Å². The molecule has 0 radical (unpaired) electrons. The summed E-state index contributed by atoms with van der Waals surface area (Å²) < 4.78 is 4.65. The number of hydrogen-bond donors (Lipinski definition) is 1. The van der Waals surface area contributed by atoms with Gasteiger partial charge in [-0.2, -0.15) is 0 Å². The average molecular weight is 253 g/mol. The number of halogens is 1. The van der Waals surface area contributed by atoms with Gasteiger partial charge in [0.05, 0.1) is 6.54 Å². The monoisotopic (exact) mass is 252 g/mol. The van der Waals surface area contributed by atoms with E-state index in [2.05, 4.69) is 58.3 Å². The van der Waals surface area contributed by atoms with E-state index in [1.54, 1.807) is 0 Å². The lowest BCUT2D eigenvalue weighted by Crippen LogP contribution is -1.80. The van der Waals surface area contributed by atoms with Gasteiger partial charge in [-0.1, -0.05) is 48.5 Å². The molecule has 2 aromatic rings. The number of aliphatic imine (C=N–C) groups is 1. The van der Waals surface area contributed by atoms with Gasteiger partial charge in [0.15, 0.2) is 6.40 Å². The molecule has 0 aromatic heterocycles. The SMILES string of the molecule is C1=NCCO1.Cl.N.c1ccc2ccccc2c1. The lowest BCUT2D eigenvalue weighted by atomic mass is 10.1. The maximum atomic E-state index is 4.65. The van der Waals surface area contributed by atoms with Crippen molar-refractivity contribution in [1.29, 1.82) is 0 Å². The molecular formula is C13H17ClN2O. The van der Waals surface area contributed by atoms with Crippen LogP contribution < -0.4 is 6.15 Å². The second kappa shape index (κ2) is 8.56. The van der Waals surface area contributed by atoms with Crippen LogP contribution in [0, 0.1) is 0 Å². The number of ether oxygens (including phenoxy) is 1. The molecule has 0 aliphatic carbocycles. The molecular weight excluding hydrogens is 236 g/mol. The Morgan fingerprint density at radius 1 is 0.882 bits per heavy atom. The predicted molar refractivity (Wildman–Crippen MR) is 75.5 cm³/mol. The van der Waals surface area contributed by atoms with Crippen LogP contribution in [0.25, 0.3) is 10.8 Å². The molecule has 0 atom stereocenters. The minimum absolute atomic E-state index is 0. The van der Waals surface area contributed by atoms with Crippen LogP contribution in [-0.4, -0.2) is 19.6 Å². The minimum Gasteiger partial charge on any atom is -0.482 e. The van der Waals surface area contributed by atoms with Gasteiger partial charge in [0.25, 0.3) is 0 Å². The highest BCUT2D eigenvalue weighted by atomic mass is 35.5. The van der Waals surface area contributed by atoms with Crippen LogP contribution in [0.15, 0.2) is 53.5 Å². The van der Waals surface area contributed by atoms with Crippen LogP contribution in [0.5, 0.6) is 0 Å². The van der Waals surface area contributed by atoms with Gasteiger partial charge in [-0.25, -0.2) is 0 Å². The van der Waals surface area contributed by atoms with E-state index in [1.165, 1.54) is 17.2 Å². The van der Waals surface area contributed by atoms with Crippen molar-refractivity contribution < 1.29 is 4.74 Å². The molecule has 92 valence electrons. The molecule has 3 rings (SSSR count). The largest absolute Gasteiger partial charge is 0.482 e. The molecule has 1 aliphatic rings. The number of rotatable bonds is 0. The highest BCUT2D eigenvalue weighted by Crippen LogP contribution is 2.11. The van der Waals surface area contributed by atoms with Crippen LogP contribution >= 0.6 is 12.4 Å². The third kappa shape index (κ3) is 4.85. The summed E-state index contributed by atoms with van der Waals surface area (Å²) in [4.78, 5) is 3.74. The number of nitrogens with zero attached hydrogens (tertiary/aromatic N) is 1. The van der Waals surface area contributed by atoms with E-state index in [4.69, 9.17) is 0 Å². The van der Waals surface area contributed by atoms with Crippen molar-refractivity contribution in [3.8, 4) is 0 Å². The Balaban J connectivity index is 0.000000318. The van der Waals surface area contributed by atoms with Crippen molar-refractivity contribution in [2.45, 2.75) is 0 Å². The topological polar surface area (TPSA) is 56.6 Å². The van der Waals surface area contributed by atoms with Crippen LogP contribution in [0.4, 0.5) is 0 Å². The first-order valence-corrected chi connectivity index (χ1v) is 5.00. The average Bonchev–Trinajstić information content (AvgIpc) is 2.88. The van der Waals surface area contributed by atoms with Gasteiger partial charge in [-0.3, -0.25) is 4.99 Å². The van der Waals surface area contributed by atoms with E-state index in [0.29, 0.717) is 0 Å². The Morgan fingerprint density at radius 2 is 1.35 bits per heavy atom. The molecule has 1 aliphatic heterocycles. The Bertz CT molecular complexity index is 388. The molecule has 3 N–H and O–H groups in total. The maximum Gasteiger partial charge on any atom is 0.169 e. The van der Waals surface area contributed by atoms with Gasteiger partial charge in [0.2, 0.25) is 0 Å². The molecule has 4 heteroatoms. The number of hydrogen-bond acceptors (Lipinski definition) is 3. The zero-order chi connectivity index (χ0) is 10.3. The highest BCUT2D eigenvalue weighted by molar-refractivity contribution is 5.85. The Morgan fingerprint density at radius 3 is 1.59 bits per heavy atom. The second-order valence-corrected chi connectivity index (χ2v) is 3.23. The summed E-state index contributed by atoms with van der Waals surface area (Å²) in [6.45, 7) is 1.62. The Hall–Kier alpha value is -1.58. The molecule has 0 amide bonds. The fraction of sp³-hybridized carbons (Fsp3) is 0.154. The molecule has 0 saturated carbocycles. The van der Waals surface area contributed by atoms with Crippen LogP contribution in [-0.2, 0) is 4.74 Å². The fourth-order valence-corrected chi connectivity index (χ4v) is 1.40. The van der Waals surface area contributed by atoms with Gasteiger partial charge in [0, 0.05) is 0 Å². The molecule has 2 aromatic carbocycles. The predicted octanol–water partition coefficient (Wildman–Crippen LogP) is 3.47. The standard InChI is InChI=1S/C10H8.C3H5NO.ClH.H3N/c1-2-6-10-8-4-3-7-9(10)5-1;1-2-5-3-4-1;;/h1-8H;3H,1-2H2;1H;1H3. The van der Waals surface area contributed by atoms with Crippen molar-refractivity contribution in [1.82, 2.24) is 6.15 Å². The molecule has 1 heterocycles. The van der Waals surface area contributed by atoms with Crippen LogP contribution in [0.1, 0.15) is 0 Å². The van der Waals surface area contributed by atoms with Crippen molar-refractivity contribution in [2.75, 3.05) is 13.2 Å². The van der Waals surface area contributed by atoms with Crippen LogP contribution in [0.3, 0.4) is 0 Å². The molecule has 3 nitrogen and oxygen atoms in total. The second-order valence-electron chi connectivity index (χ2n) is 3.23. The summed E-state index contributed by atoms with van der Waals surface area (Å²) >= 11 is 0. The summed E-state index contributed by atoms with van der Waals surface area (Å²) in [5.41, 5.74) is 0. The third-order valence-electron chi connectivity index (χ3n) is 2.15. The molecule has 17 heavy (non-hydrogen) atoms. The Labute approximate surface area is 108 Å². The normalized spacial score (nSPS) is 11.5. The molecule has 0 saturated heterocycles. The van der Waals surface area contributed by atoms with Gasteiger partial charge >= 0.3 is 0 Å². The molecule has 0 spiro atoms. The van der Waals surface area contributed by atoms with E-state index in [0.717, 1.165) is 13.2 Å². The van der Waals surface area contributed by atoms with Gasteiger partial charge < -0.3 is 10.9 Å². The van der Waals surface area contributed by atoms with Gasteiger partial charge in [0.1, 0.15) is 6.61 Å². The van der Waals surface area contributed by atoms with E-state index in [-0.39, 0.29) is 18.6 Å². The summed E-state index contributed by atoms with van der Waals surface area (Å²) in [6, 6.07) is 16.7. The van der Waals surface area contributed by atoms with Crippen molar-refractivity contribution in [2.24, 2.45) is 4.99 Å². The lowest BCUT2D eigenvalue weighted by Gasteiger charge is -1.92. The first-order chi connectivity index (χ1) is 7.47. The van der Waals surface area contributed by atoms with Crippen LogP contribution in [0.2, 0.25) is 0 Å². The zero-order valence-corrected chi connectivity index (χ0v) is 10.4. The zero-order valence-electron chi connectivity index (χ0n) is 9.58. The highest BCUT2D eigenvalue weighted by Gasteiger charge is 1.85. The minimum atomic E-state index is 0. The van der Waals surface area contributed by atoms with Gasteiger partial charge in [-0.15, -0.1) is 12.4 Å². The first-order valence-electron chi connectivity index (χ1n) is 5.00. The summed E-state index contributed by atoms with van der Waals surface area (Å²) in [6.07, 6.45) is 1.49. The third-order valence-corrected chi connectivity index (χ3v) is 2.15. The van der Waals surface area contributed by atoms with Gasteiger partial charge in [-0.05, 0) is 10.8 Å².